The molecule has 4 rings (SSSR count). The summed E-state index contributed by atoms with van der Waals surface area (Å²) in [5.74, 6) is -0.340. The van der Waals surface area contributed by atoms with Gasteiger partial charge < -0.3 is 14.6 Å². The number of rotatable bonds is 8. The van der Waals surface area contributed by atoms with Crippen molar-refractivity contribution in [3.05, 3.63) is 78.4 Å². The molecule has 1 aromatic heterocycles. The van der Waals surface area contributed by atoms with Crippen molar-refractivity contribution in [1.82, 2.24) is 19.6 Å². The molecule has 2 atom stereocenters. The lowest BCUT2D eigenvalue weighted by molar-refractivity contribution is 0.0939. The van der Waals surface area contributed by atoms with E-state index in [1.807, 2.05) is 42.0 Å². The summed E-state index contributed by atoms with van der Waals surface area (Å²) in [6, 6.07) is 13.6. The summed E-state index contributed by atoms with van der Waals surface area (Å²) in [5.41, 5.74) is 2.19. The zero-order chi connectivity index (χ0) is 22.6. The van der Waals surface area contributed by atoms with Crippen LogP contribution in [0.25, 0.3) is 5.69 Å². The van der Waals surface area contributed by atoms with Crippen molar-refractivity contribution < 1.29 is 17.9 Å². The van der Waals surface area contributed by atoms with E-state index in [2.05, 4.69) is 15.0 Å². The molecule has 1 aliphatic heterocycles. The fourth-order valence-electron chi connectivity index (χ4n) is 3.61. The molecule has 1 saturated heterocycles. The van der Waals surface area contributed by atoms with E-state index < -0.39 is 10.0 Å². The Hall–Kier alpha value is -3.01. The number of hydrogen-bond acceptors (Lipinski definition) is 5. The lowest BCUT2D eigenvalue weighted by Gasteiger charge is -2.16. The second-order valence-electron chi connectivity index (χ2n) is 7.77. The molecule has 0 saturated carbocycles. The van der Waals surface area contributed by atoms with Crippen LogP contribution in [0.15, 0.2) is 72.1 Å². The molecule has 2 unspecified atom stereocenters. The number of nitrogens with one attached hydrogen (secondary N) is 2. The number of carbonyl (C=O) groups is 1. The average Bonchev–Trinajstić information content (AvgIpc) is 3.52. The van der Waals surface area contributed by atoms with Crippen LogP contribution in [0.2, 0.25) is 0 Å². The Labute approximate surface area is 187 Å². The summed E-state index contributed by atoms with van der Waals surface area (Å²) in [7, 11) is -3.73. The minimum absolute atomic E-state index is 0.0560. The van der Waals surface area contributed by atoms with Gasteiger partial charge in [-0.05, 0) is 55.7 Å². The molecule has 1 fully saturated rings. The number of aromatic nitrogens is 2. The summed E-state index contributed by atoms with van der Waals surface area (Å²) >= 11 is 0. The molecular formula is C23H26N4O4S. The number of carbonyl (C=O) groups excluding carboxylic acids is 1. The second kappa shape index (κ2) is 9.64. The minimum Gasteiger partial charge on any atom is -0.377 e. The maximum absolute atomic E-state index is 12.8. The SMILES string of the molecule is CC(NC(=O)c1cccc(S(=O)(=O)NCC2CCCO2)c1)c1ccc(-n2ccnc2)cc1. The lowest BCUT2D eigenvalue weighted by atomic mass is 10.1. The van der Waals surface area contributed by atoms with Gasteiger partial charge >= 0.3 is 0 Å². The van der Waals surface area contributed by atoms with Crippen LogP contribution in [0.3, 0.4) is 0 Å². The largest absolute Gasteiger partial charge is 0.377 e. The quantitative estimate of drug-likeness (QED) is 0.545. The van der Waals surface area contributed by atoms with E-state index in [1.165, 1.54) is 12.1 Å². The predicted molar refractivity (Wildman–Crippen MR) is 120 cm³/mol. The van der Waals surface area contributed by atoms with Crippen LogP contribution >= 0.6 is 0 Å². The third-order valence-electron chi connectivity index (χ3n) is 5.47. The van der Waals surface area contributed by atoms with Gasteiger partial charge in [-0.15, -0.1) is 0 Å². The smallest absolute Gasteiger partial charge is 0.251 e. The van der Waals surface area contributed by atoms with Crippen molar-refractivity contribution in [3.63, 3.8) is 0 Å². The van der Waals surface area contributed by atoms with Crippen LogP contribution in [0.5, 0.6) is 0 Å². The van der Waals surface area contributed by atoms with Crippen LogP contribution in [0.4, 0.5) is 0 Å². The van der Waals surface area contributed by atoms with Crippen molar-refractivity contribution in [2.75, 3.05) is 13.2 Å². The molecule has 0 aliphatic carbocycles. The third kappa shape index (κ3) is 5.24. The van der Waals surface area contributed by atoms with E-state index in [0.29, 0.717) is 6.61 Å². The molecular weight excluding hydrogens is 428 g/mol. The molecule has 2 N–H and O–H groups in total. The Balaban J connectivity index is 1.40. The first kappa shape index (κ1) is 22.2. The van der Waals surface area contributed by atoms with Crippen molar-refractivity contribution in [3.8, 4) is 5.69 Å². The van der Waals surface area contributed by atoms with E-state index in [1.54, 1.807) is 24.7 Å². The maximum Gasteiger partial charge on any atom is 0.251 e. The number of ether oxygens (including phenoxy) is 1. The fourth-order valence-corrected chi connectivity index (χ4v) is 4.72. The van der Waals surface area contributed by atoms with Gasteiger partial charge in [-0.25, -0.2) is 18.1 Å². The van der Waals surface area contributed by atoms with Gasteiger partial charge in [-0.3, -0.25) is 4.79 Å². The summed E-state index contributed by atoms with van der Waals surface area (Å²) in [6.45, 7) is 2.77. The molecule has 8 nitrogen and oxygen atoms in total. The molecule has 1 aliphatic rings. The molecule has 1 amide bonds. The van der Waals surface area contributed by atoms with Crippen molar-refractivity contribution in [1.29, 1.82) is 0 Å². The molecule has 2 heterocycles. The topological polar surface area (TPSA) is 102 Å². The van der Waals surface area contributed by atoms with Gasteiger partial charge in [0.15, 0.2) is 0 Å². The third-order valence-corrected chi connectivity index (χ3v) is 6.90. The standard InChI is InChI=1S/C23H26N4O4S/c1-17(18-7-9-20(10-8-18)27-12-11-24-16-27)26-23(28)19-4-2-6-22(14-19)32(29,30)25-15-21-5-3-13-31-21/h2,4,6-12,14,16-17,21,25H,3,5,13,15H2,1H3,(H,26,28). The van der Waals surface area contributed by atoms with Gasteiger partial charge in [0, 0.05) is 36.8 Å². The maximum atomic E-state index is 12.8. The first-order valence-corrected chi connectivity index (χ1v) is 12.0. The predicted octanol–water partition coefficient (Wildman–Crippen LogP) is 2.82. The van der Waals surface area contributed by atoms with Crippen LogP contribution in [-0.4, -0.2) is 43.1 Å². The zero-order valence-corrected chi connectivity index (χ0v) is 18.6. The Bertz CT molecular complexity index is 1150. The number of sulfonamides is 1. The average molecular weight is 455 g/mol. The Morgan fingerprint density at radius 1 is 1.25 bits per heavy atom. The van der Waals surface area contributed by atoms with Gasteiger partial charge in [0.25, 0.3) is 5.91 Å². The number of imidazole rings is 1. The second-order valence-corrected chi connectivity index (χ2v) is 9.54. The van der Waals surface area contributed by atoms with Crippen molar-refractivity contribution in [2.24, 2.45) is 0 Å². The lowest BCUT2D eigenvalue weighted by Crippen LogP contribution is -2.32. The minimum atomic E-state index is -3.73. The number of amides is 1. The van der Waals surface area contributed by atoms with E-state index in [4.69, 9.17) is 4.74 Å². The molecule has 3 aromatic rings. The fraction of sp³-hybridized carbons (Fsp3) is 0.304. The molecule has 0 spiro atoms. The summed E-state index contributed by atoms with van der Waals surface area (Å²) in [5, 5.41) is 2.93. The van der Waals surface area contributed by atoms with E-state index in [0.717, 1.165) is 24.1 Å². The highest BCUT2D eigenvalue weighted by molar-refractivity contribution is 7.89. The summed E-state index contributed by atoms with van der Waals surface area (Å²) in [4.78, 5) is 16.9. The van der Waals surface area contributed by atoms with Crippen molar-refractivity contribution in [2.45, 2.75) is 36.8 Å². The highest BCUT2D eigenvalue weighted by Gasteiger charge is 2.21. The van der Waals surface area contributed by atoms with E-state index in [9.17, 15) is 13.2 Å². The van der Waals surface area contributed by atoms with Crippen LogP contribution in [0, 0.1) is 0 Å². The van der Waals surface area contributed by atoms with E-state index in [-0.39, 0.29) is 35.1 Å². The van der Waals surface area contributed by atoms with Crippen LogP contribution in [0.1, 0.15) is 41.7 Å². The van der Waals surface area contributed by atoms with Gasteiger partial charge in [-0.2, -0.15) is 0 Å². The van der Waals surface area contributed by atoms with E-state index >= 15 is 0 Å². The first-order valence-electron chi connectivity index (χ1n) is 10.5. The molecule has 32 heavy (non-hydrogen) atoms. The molecule has 168 valence electrons. The Morgan fingerprint density at radius 2 is 2.06 bits per heavy atom. The Morgan fingerprint density at radius 3 is 2.75 bits per heavy atom. The molecule has 2 aromatic carbocycles. The van der Waals surface area contributed by atoms with Gasteiger partial charge in [0.05, 0.1) is 23.4 Å². The molecule has 0 bridgehead atoms. The number of benzene rings is 2. The normalized spacial score (nSPS) is 17.2. The van der Waals surface area contributed by atoms with Gasteiger partial charge in [-0.1, -0.05) is 18.2 Å². The monoisotopic (exact) mass is 454 g/mol. The number of nitrogens with zero attached hydrogens (tertiary/aromatic N) is 2. The van der Waals surface area contributed by atoms with Crippen LogP contribution < -0.4 is 10.0 Å². The molecule has 0 radical (unpaired) electrons. The summed E-state index contributed by atoms with van der Waals surface area (Å²) in [6.07, 6.45) is 6.97. The Kier molecular flexibility index (Phi) is 6.69. The summed E-state index contributed by atoms with van der Waals surface area (Å²) < 4.78 is 35.2. The van der Waals surface area contributed by atoms with Crippen LogP contribution in [-0.2, 0) is 14.8 Å². The first-order chi connectivity index (χ1) is 15.4. The highest BCUT2D eigenvalue weighted by Crippen LogP contribution is 2.18. The molecule has 9 heteroatoms. The van der Waals surface area contributed by atoms with Gasteiger partial charge in [0.2, 0.25) is 10.0 Å². The van der Waals surface area contributed by atoms with Crippen molar-refractivity contribution >= 4 is 15.9 Å². The zero-order valence-electron chi connectivity index (χ0n) is 17.8. The number of hydrogen-bond donors (Lipinski definition) is 2. The highest BCUT2D eigenvalue weighted by atomic mass is 32.2. The van der Waals surface area contributed by atoms with Gasteiger partial charge in [0.1, 0.15) is 0 Å².